The van der Waals surface area contributed by atoms with E-state index in [2.05, 4.69) is 5.10 Å². The van der Waals surface area contributed by atoms with Crippen LogP contribution in [0.1, 0.15) is 17.5 Å². The molecule has 0 aliphatic heterocycles. The van der Waals surface area contributed by atoms with Gasteiger partial charge in [-0.15, -0.1) is 0 Å². The van der Waals surface area contributed by atoms with Crippen LogP contribution in [0.4, 0.5) is 8.78 Å². The maximum absolute atomic E-state index is 13.6. The second-order valence-electron chi connectivity index (χ2n) is 8.19. The first-order chi connectivity index (χ1) is 16.7. The molecule has 3 aromatic rings. The van der Waals surface area contributed by atoms with Crippen LogP contribution in [0.5, 0.6) is 0 Å². The molecule has 0 fully saturated rings. The van der Waals surface area contributed by atoms with Crippen LogP contribution < -0.4 is 5.56 Å². The largest absolute Gasteiger partial charge is 0.478 e. The fourth-order valence-electron chi connectivity index (χ4n) is 3.29. The summed E-state index contributed by atoms with van der Waals surface area (Å²) in [5, 5.41) is 20.4. The molecule has 1 heterocycles. The fourth-order valence-corrected chi connectivity index (χ4v) is 3.29. The summed E-state index contributed by atoms with van der Waals surface area (Å²) in [6.07, 6.45) is 3.71. The lowest BCUT2D eigenvalue weighted by Gasteiger charge is -2.10. The second-order valence-corrected chi connectivity index (χ2v) is 8.19. The van der Waals surface area contributed by atoms with E-state index < -0.39 is 11.6 Å². The van der Waals surface area contributed by atoms with E-state index in [9.17, 15) is 13.6 Å². The first-order valence-electron chi connectivity index (χ1n) is 11.0. The first-order valence-corrected chi connectivity index (χ1v) is 11.0. The zero-order valence-corrected chi connectivity index (χ0v) is 19.6. The number of ether oxygens (including phenoxy) is 1. The standard InChI is InChI=1S/C26H27F2N5O2/c1-32(2)11-4-12-35-25(30)9-7-23(29)19-6-3-5-18(13-19)17-33-26(34)10-8-24(31-33)20-14-21(27)16-22(28)15-20/h3,5-10,13-16,29-30H,4,11-12,17H2,1-2H3/b9-7-,29-23?,30-25?. The first kappa shape index (κ1) is 25.6. The lowest BCUT2D eigenvalue weighted by Crippen LogP contribution is -2.23. The highest BCUT2D eigenvalue weighted by molar-refractivity contribution is 6.09. The summed E-state index contributed by atoms with van der Waals surface area (Å²) >= 11 is 0. The molecule has 7 nitrogen and oxygen atoms in total. The monoisotopic (exact) mass is 479 g/mol. The number of benzene rings is 2. The molecule has 0 saturated carbocycles. The lowest BCUT2D eigenvalue weighted by atomic mass is 10.1. The molecule has 1 aromatic heterocycles. The third-order valence-electron chi connectivity index (χ3n) is 5.00. The quantitative estimate of drug-likeness (QED) is 0.260. The summed E-state index contributed by atoms with van der Waals surface area (Å²) in [4.78, 5) is 14.4. The van der Waals surface area contributed by atoms with E-state index in [0.29, 0.717) is 17.7 Å². The molecule has 0 saturated heterocycles. The summed E-state index contributed by atoms with van der Waals surface area (Å²) in [6, 6.07) is 12.8. The molecule has 0 spiro atoms. The molecule has 0 atom stereocenters. The van der Waals surface area contributed by atoms with E-state index in [1.54, 1.807) is 24.3 Å². The number of hydrogen-bond donors (Lipinski definition) is 2. The average Bonchev–Trinajstić information content (AvgIpc) is 2.81. The van der Waals surface area contributed by atoms with Crippen molar-refractivity contribution in [2.24, 2.45) is 0 Å². The summed E-state index contributed by atoms with van der Waals surface area (Å²) < 4.78 is 33.7. The van der Waals surface area contributed by atoms with Crippen molar-refractivity contribution in [2.45, 2.75) is 13.0 Å². The van der Waals surface area contributed by atoms with Crippen molar-refractivity contribution in [3.63, 3.8) is 0 Å². The van der Waals surface area contributed by atoms with Crippen molar-refractivity contribution in [1.82, 2.24) is 14.7 Å². The topological polar surface area (TPSA) is 95.1 Å². The van der Waals surface area contributed by atoms with E-state index in [-0.39, 0.29) is 35.0 Å². The van der Waals surface area contributed by atoms with Gasteiger partial charge in [0.25, 0.3) is 5.56 Å². The van der Waals surface area contributed by atoms with Gasteiger partial charge < -0.3 is 15.0 Å². The van der Waals surface area contributed by atoms with Crippen molar-refractivity contribution in [3.05, 3.63) is 99.9 Å². The van der Waals surface area contributed by atoms with Crippen LogP contribution in [0.15, 0.2) is 71.5 Å². The molecular weight excluding hydrogens is 452 g/mol. The van der Waals surface area contributed by atoms with Gasteiger partial charge in [0.15, 0.2) is 0 Å². The highest BCUT2D eigenvalue weighted by Gasteiger charge is 2.09. The van der Waals surface area contributed by atoms with Crippen LogP contribution in [-0.2, 0) is 11.3 Å². The fraction of sp³-hybridized carbons (Fsp3) is 0.231. The molecule has 35 heavy (non-hydrogen) atoms. The predicted octanol–water partition coefficient (Wildman–Crippen LogP) is 4.11. The summed E-state index contributed by atoms with van der Waals surface area (Å²) in [5.74, 6) is -1.48. The van der Waals surface area contributed by atoms with E-state index in [1.165, 1.54) is 29.0 Å². The Kier molecular flexibility index (Phi) is 8.74. The molecule has 2 aromatic carbocycles. The maximum atomic E-state index is 13.6. The minimum atomic E-state index is -0.731. The summed E-state index contributed by atoms with van der Waals surface area (Å²) in [5.41, 5.74) is 1.61. The van der Waals surface area contributed by atoms with Crippen LogP contribution in [0.2, 0.25) is 0 Å². The summed E-state index contributed by atoms with van der Waals surface area (Å²) in [7, 11) is 3.94. The van der Waals surface area contributed by atoms with E-state index in [4.69, 9.17) is 15.6 Å². The highest BCUT2D eigenvalue weighted by atomic mass is 19.1. The number of rotatable bonds is 10. The molecule has 0 bridgehead atoms. The van der Waals surface area contributed by atoms with Crippen LogP contribution in [0.25, 0.3) is 11.3 Å². The van der Waals surface area contributed by atoms with E-state index >= 15 is 0 Å². The predicted molar refractivity (Wildman–Crippen MR) is 132 cm³/mol. The Morgan fingerprint density at radius 2 is 1.80 bits per heavy atom. The van der Waals surface area contributed by atoms with Gasteiger partial charge in [0, 0.05) is 30.3 Å². The van der Waals surface area contributed by atoms with Gasteiger partial charge in [-0.05, 0) is 62.0 Å². The van der Waals surface area contributed by atoms with Crippen molar-refractivity contribution < 1.29 is 13.5 Å². The number of aromatic nitrogens is 2. The van der Waals surface area contributed by atoms with Gasteiger partial charge in [0.05, 0.1) is 24.6 Å². The lowest BCUT2D eigenvalue weighted by molar-refractivity contribution is 0.271. The van der Waals surface area contributed by atoms with Gasteiger partial charge >= 0.3 is 0 Å². The Labute approximate surface area is 202 Å². The zero-order chi connectivity index (χ0) is 25.4. The second kappa shape index (κ2) is 11.9. The smallest absolute Gasteiger partial charge is 0.267 e. The van der Waals surface area contributed by atoms with Crippen LogP contribution in [0.3, 0.4) is 0 Å². The normalized spacial score (nSPS) is 11.2. The molecule has 0 amide bonds. The molecular formula is C26H27F2N5O2. The SMILES string of the molecule is CN(C)CCCOC(=N)/C=C\C(=N)c1cccc(Cn2nc(-c3cc(F)cc(F)c3)ccc2=O)c1. The van der Waals surface area contributed by atoms with Crippen molar-refractivity contribution in [1.29, 1.82) is 10.8 Å². The van der Waals surface area contributed by atoms with Crippen molar-refractivity contribution in [3.8, 4) is 11.3 Å². The van der Waals surface area contributed by atoms with Gasteiger partial charge in [-0.3, -0.25) is 10.2 Å². The van der Waals surface area contributed by atoms with Gasteiger partial charge in [-0.2, -0.15) is 5.10 Å². The molecule has 9 heteroatoms. The van der Waals surface area contributed by atoms with Gasteiger partial charge in [0.1, 0.15) is 11.6 Å². The van der Waals surface area contributed by atoms with Gasteiger partial charge in [0.2, 0.25) is 5.90 Å². The van der Waals surface area contributed by atoms with Crippen LogP contribution in [0, 0.1) is 22.5 Å². The minimum absolute atomic E-state index is 0.0222. The van der Waals surface area contributed by atoms with E-state index in [1.807, 2.05) is 19.0 Å². The molecule has 2 N–H and O–H groups in total. The molecule has 3 rings (SSSR count). The van der Waals surface area contributed by atoms with Crippen molar-refractivity contribution in [2.75, 3.05) is 27.2 Å². The average molecular weight is 480 g/mol. The Bertz CT molecular complexity index is 1280. The Morgan fingerprint density at radius 3 is 2.51 bits per heavy atom. The molecule has 182 valence electrons. The number of allylic oxidation sites excluding steroid dienone is 1. The minimum Gasteiger partial charge on any atom is -0.478 e. The third kappa shape index (κ3) is 7.79. The molecule has 0 radical (unpaired) electrons. The Morgan fingerprint density at radius 1 is 1.06 bits per heavy atom. The summed E-state index contributed by atoms with van der Waals surface area (Å²) in [6.45, 7) is 1.40. The number of hydrogen-bond acceptors (Lipinski definition) is 6. The number of nitrogens with zero attached hydrogens (tertiary/aromatic N) is 3. The molecule has 0 aliphatic carbocycles. The number of nitrogens with one attached hydrogen (secondary N) is 2. The Hall–Kier alpha value is -3.98. The van der Waals surface area contributed by atoms with E-state index in [0.717, 1.165) is 31.2 Å². The molecule has 0 aliphatic rings. The zero-order valence-electron chi connectivity index (χ0n) is 19.6. The highest BCUT2D eigenvalue weighted by Crippen LogP contribution is 2.19. The maximum Gasteiger partial charge on any atom is 0.267 e. The third-order valence-corrected chi connectivity index (χ3v) is 5.00. The Balaban J connectivity index is 1.70. The van der Waals surface area contributed by atoms with Crippen LogP contribution in [-0.4, -0.2) is 53.5 Å². The van der Waals surface area contributed by atoms with Crippen LogP contribution >= 0.6 is 0 Å². The number of halogens is 2. The molecule has 0 unspecified atom stereocenters. The van der Waals surface area contributed by atoms with Gasteiger partial charge in [-0.25, -0.2) is 13.5 Å². The van der Waals surface area contributed by atoms with Gasteiger partial charge in [-0.1, -0.05) is 18.2 Å². The van der Waals surface area contributed by atoms with Crippen molar-refractivity contribution >= 4 is 11.6 Å².